The number of rotatable bonds is 8. The van der Waals surface area contributed by atoms with E-state index in [1.807, 2.05) is 18.2 Å². The molecule has 1 heterocycles. The Kier molecular flexibility index (Phi) is 5.64. The summed E-state index contributed by atoms with van der Waals surface area (Å²) < 4.78 is 0. The highest BCUT2D eigenvalue weighted by molar-refractivity contribution is 5.96. The molecule has 0 spiro atoms. The van der Waals surface area contributed by atoms with Crippen molar-refractivity contribution < 1.29 is 4.79 Å². The monoisotopic (exact) mass is 334 g/mol. The molecule has 0 atom stereocenters. The van der Waals surface area contributed by atoms with Crippen LogP contribution < -0.4 is 0 Å². The largest absolute Gasteiger partial charge is 0.335 e. The van der Waals surface area contributed by atoms with Crippen molar-refractivity contribution >= 4 is 16.8 Å². The maximum atomic E-state index is 12.5. The second-order valence-electron chi connectivity index (χ2n) is 6.63. The molecule has 0 unspecified atom stereocenters. The number of hydrogen-bond acceptors (Lipinski definition) is 2. The first-order valence-electron chi connectivity index (χ1n) is 9.30. The van der Waals surface area contributed by atoms with Gasteiger partial charge in [0.05, 0.1) is 11.0 Å². The third kappa shape index (κ3) is 4.16. The Labute approximate surface area is 149 Å². The van der Waals surface area contributed by atoms with Gasteiger partial charge in [0.25, 0.3) is 0 Å². The van der Waals surface area contributed by atoms with Gasteiger partial charge in [0, 0.05) is 6.42 Å². The molecule has 0 aliphatic rings. The maximum absolute atomic E-state index is 12.5. The molecule has 3 aromatic rings. The first-order valence-corrected chi connectivity index (χ1v) is 9.30. The zero-order chi connectivity index (χ0) is 17.6. The minimum absolute atomic E-state index is 0.0779. The van der Waals surface area contributed by atoms with E-state index in [0.29, 0.717) is 12.2 Å². The molecule has 0 radical (unpaired) electrons. The summed E-state index contributed by atoms with van der Waals surface area (Å²) in [6.45, 7) is 4.40. The minimum Gasteiger partial charge on any atom is -0.335 e. The predicted molar refractivity (Wildman–Crippen MR) is 103 cm³/mol. The molecule has 2 aromatic carbocycles. The lowest BCUT2D eigenvalue weighted by atomic mass is 9.99. The van der Waals surface area contributed by atoms with Crippen LogP contribution in [0.3, 0.4) is 0 Å². The molecule has 130 valence electrons. The predicted octanol–water partition coefficient (Wildman–Crippen LogP) is 5.28. The van der Waals surface area contributed by atoms with E-state index in [4.69, 9.17) is 0 Å². The second-order valence-corrected chi connectivity index (χ2v) is 6.63. The van der Waals surface area contributed by atoms with E-state index in [1.165, 1.54) is 16.7 Å². The van der Waals surface area contributed by atoms with Crippen LogP contribution in [0, 0.1) is 0 Å². The summed E-state index contributed by atoms with van der Waals surface area (Å²) in [7, 11) is 0. The number of carbonyl (C=O) groups is 1. The summed E-state index contributed by atoms with van der Waals surface area (Å²) in [6, 6.07) is 14.5. The number of aromatic amines is 1. The molecule has 3 rings (SSSR count). The third-order valence-corrected chi connectivity index (χ3v) is 4.59. The van der Waals surface area contributed by atoms with E-state index in [9.17, 15) is 4.79 Å². The third-order valence-electron chi connectivity index (χ3n) is 4.59. The lowest BCUT2D eigenvalue weighted by Gasteiger charge is -2.07. The van der Waals surface area contributed by atoms with Gasteiger partial charge in [-0.3, -0.25) is 4.79 Å². The van der Waals surface area contributed by atoms with Crippen LogP contribution in [0.5, 0.6) is 0 Å². The Morgan fingerprint density at radius 3 is 2.32 bits per heavy atom. The van der Waals surface area contributed by atoms with Crippen LogP contribution in [0.2, 0.25) is 0 Å². The zero-order valence-electron chi connectivity index (χ0n) is 15.1. The fourth-order valence-corrected chi connectivity index (χ4v) is 3.30. The number of aromatic nitrogens is 2. The molecule has 1 aromatic heterocycles. The van der Waals surface area contributed by atoms with Crippen molar-refractivity contribution in [3.8, 4) is 0 Å². The molecule has 3 nitrogen and oxygen atoms in total. The second kappa shape index (κ2) is 8.11. The van der Waals surface area contributed by atoms with Crippen molar-refractivity contribution in [2.45, 2.75) is 52.4 Å². The summed E-state index contributed by atoms with van der Waals surface area (Å²) in [5, 5.41) is 0. The van der Waals surface area contributed by atoms with Crippen molar-refractivity contribution in [2.24, 2.45) is 0 Å². The number of fused-ring (bicyclic) bond motifs is 1. The molecule has 3 heteroatoms. The van der Waals surface area contributed by atoms with Crippen LogP contribution in [-0.4, -0.2) is 15.8 Å². The standard InChI is InChI=1S/C22H26N2O/c1-3-8-17-14-19-20(15-18(17)9-4-2)24-22(23-19)21(25)13-12-16-10-6-5-7-11-16/h5-7,10-11,14-15H,3-4,8-9,12-13H2,1-2H3,(H,23,24). The molecule has 0 aliphatic carbocycles. The van der Waals surface area contributed by atoms with E-state index < -0.39 is 0 Å². The Morgan fingerprint density at radius 2 is 1.64 bits per heavy atom. The van der Waals surface area contributed by atoms with Gasteiger partial charge in [-0.2, -0.15) is 0 Å². The smallest absolute Gasteiger partial charge is 0.198 e. The number of hydrogen-bond donors (Lipinski definition) is 1. The van der Waals surface area contributed by atoms with Crippen molar-refractivity contribution in [3.63, 3.8) is 0 Å². The fourth-order valence-electron chi connectivity index (χ4n) is 3.30. The zero-order valence-corrected chi connectivity index (χ0v) is 15.1. The number of carbonyl (C=O) groups excluding carboxylic acids is 1. The fraction of sp³-hybridized carbons (Fsp3) is 0.364. The van der Waals surface area contributed by atoms with Gasteiger partial charge in [-0.25, -0.2) is 4.98 Å². The van der Waals surface area contributed by atoms with Crippen LogP contribution in [0.25, 0.3) is 11.0 Å². The number of H-pyrrole nitrogens is 1. The normalized spacial score (nSPS) is 11.1. The number of aryl methyl sites for hydroxylation is 3. The number of Topliss-reactive ketones (excluding diaryl/α,β-unsaturated/α-hetero) is 1. The molecule has 0 saturated carbocycles. The summed E-state index contributed by atoms with van der Waals surface area (Å²) in [6.07, 6.45) is 5.61. The summed E-state index contributed by atoms with van der Waals surface area (Å²) in [5.74, 6) is 0.566. The van der Waals surface area contributed by atoms with E-state index in [2.05, 4.69) is 48.1 Å². The van der Waals surface area contributed by atoms with E-state index >= 15 is 0 Å². The van der Waals surface area contributed by atoms with Crippen LogP contribution in [0.15, 0.2) is 42.5 Å². The van der Waals surface area contributed by atoms with Crippen molar-refractivity contribution in [1.29, 1.82) is 0 Å². The summed E-state index contributed by atoms with van der Waals surface area (Å²) >= 11 is 0. The van der Waals surface area contributed by atoms with Gasteiger partial charge < -0.3 is 4.98 Å². The van der Waals surface area contributed by atoms with Gasteiger partial charge in [-0.15, -0.1) is 0 Å². The Balaban J connectivity index is 1.81. The highest BCUT2D eigenvalue weighted by atomic mass is 16.1. The molecule has 0 fully saturated rings. The first-order chi connectivity index (χ1) is 12.2. The van der Waals surface area contributed by atoms with Gasteiger partial charge in [0.2, 0.25) is 0 Å². The quantitative estimate of drug-likeness (QED) is 0.569. The number of ketones is 1. The first kappa shape index (κ1) is 17.4. The summed E-state index contributed by atoms with van der Waals surface area (Å²) in [4.78, 5) is 20.3. The van der Waals surface area contributed by atoms with Gasteiger partial charge in [0.15, 0.2) is 11.6 Å². The lowest BCUT2D eigenvalue weighted by Crippen LogP contribution is -2.03. The number of nitrogens with zero attached hydrogens (tertiary/aromatic N) is 1. The van der Waals surface area contributed by atoms with Gasteiger partial charge in [-0.1, -0.05) is 57.0 Å². The minimum atomic E-state index is 0.0779. The molecule has 0 bridgehead atoms. The van der Waals surface area contributed by atoms with Gasteiger partial charge in [-0.05, 0) is 48.1 Å². The van der Waals surface area contributed by atoms with Crippen molar-refractivity contribution in [1.82, 2.24) is 9.97 Å². The number of nitrogens with one attached hydrogen (secondary N) is 1. The van der Waals surface area contributed by atoms with E-state index in [1.54, 1.807) is 0 Å². The maximum Gasteiger partial charge on any atom is 0.198 e. The van der Waals surface area contributed by atoms with Crippen LogP contribution in [0.1, 0.15) is 60.4 Å². The summed E-state index contributed by atoms with van der Waals surface area (Å²) in [5.41, 5.74) is 5.82. The van der Waals surface area contributed by atoms with Gasteiger partial charge in [0.1, 0.15) is 0 Å². The molecule has 0 saturated heterocycles. The van der Waals surface area contributed by atoms with Crippen LogP contribution in [0.4, 0.5) is 0 Å². The average molecular weight is 334 g/mol. The van der Waals surface area contributed by atoms with Crippen molar-refractivity contribution in [3.05, 3.63) is 65.0 Å². The Bertz CT molecular complexity index is 806. The molecule has 25 heavy (non-hydrogen) atoms. The average Bonchev–Trinajstić information content (AvgIpc) is 3.04. The van der Waals surface area contributed by atoms with Crippen LogP contribution in [-0.2, 0) is 19.3 Å². The topological polar surface area (TPSA) is 45.8 Å². The highest BCUT2D eigenvalue weighted by Gasteiger charge is 2.13. The molecular formula is C22H26N2O. The lowest BCUT2D eigenvalue weighted by molar-refractivity contribution is 0.0974. The molecule has 1 N–H and O–H groups in total. The molecular weight excluding hydrogens is 308 g/mol. The Morgan fingerprint density at radius 1 is 0.960 bits per heavy atom. The number of imidazole rings is 1. The number of benzene rings is 2. The SMILES string of the molecule is CCCc1cc2nc(C(=O)CCc3ccccc3)[nH]c2cc1CCC. The highest BCUT2D eigenvalue weighted by Crippen LogP contribution is 2.22. The van der Waals surface area contributed by atoms with E-state index in [0.717, 1.165) is 43.1 Å². The van der Waals surface area contributed by atoms with Gasteiger partial charge >= 0.3 is 0 Å². The van der Waals surface area contributed by atoms with E-state index in [-0.39, 0.29) is 5.78 Å². The van der Waals surface area contributed by atoms with Crippen molar-refractivity contribution in [2.75, 3.05) is 0 Å². The molecule has 0 amide bonds. The molecule has 0 aliphatic heterocycles. The van der Waals surface area contributed by atoms with Crippen LogP contribution >= 0.6 is 0 Å². The Hall–Kier alpha value is -2.42.